The van der Waals surface area contributed by atoms with Crippen LogP contribution in [0.1, 0.15) is 5.69 Å². The highest BCUT2D eigenvalue weighted by atomic mass is 79.9. The van der Waals surface area contributed by atoms with Gasteiger partial charge < -0.3 is 0 Å². The monoisotopic (exact) mass is 232 g/mol. The third-order valence-corrected chi connectivity index (χ3v) is 2.33. The van der Waals surface area contributed by atoms with Gasteiger partial charge in [-0.15, -0.1) is 0 Å². The number of halogens is 1. The van der Waals surface area contributed by atoms with Gasteiger partial charge in [-0.1, -0.05) is 22.0 Å². The fourth-order valence-electron chi connectivity index (χ4n) is 1.24. The van der Waals surface area contributed by atoms with E-state index in [4.69, 9.17) is 5.26 Å². The molecule has 0 bridgehead atoms. The Morgan fingerprint density at radius 3 is 2.92 bits per heavy atom. The summed E-state index contributed by atoms with van der Waals surface area (Å²) < 4.78 is 1.01. The molecule has 62 valence electrons. The predicted molar refractivity (Wildman–Crippen MR) is 54.2 cm³/mol. The van der Waals surface area contributed by atoms with Crippen LogP contribution in [0.5, 0.6) is 0 Å². The van der Waals surface area contributed by atoms with Gasteiger partial charge in [-0.05, 0) is 23.6 Å². The predicted octanol–water partition coefficient (Wildman–Crippen LogP) is 2.87. The summed E-state index contributed by atoms with van der Waals surface area (Å²) >= 11 is 3.38. The zero-order valence-corrected chi connectivity index (χ0v) is 8.25. The Morgan fingerprint density at radius 2 is 2.15 bits per heavy atom. The lowest BCUT2D eigenvalue weighted by molar-refractivity contribution is 1.30. The Labute approximate surface area is 84.0 Å². The van der Waals surface area contributed by atoms with Crippen LogP contribution in [0.4, 0.5) is 0 Å². The van der Waals surface area contributed by atoms with Gasteiger partial charge in [0.1, 0.15) is 11.8 Å². The fraction of sp³-hybridized carbons (Fsp3) is 0. The summed E-state index contributed by atoms with van der Waals surface area (Å²) in [6.07, 6.45) is 1.65. The molecule has 0 aliphatic carbocycles. The van der Waals surface area contributed by atoms with E-state index in [0.29, 0.717) is 5.69 Å². The topological polar surface area (TPSA) is 36.7 Å². The first-order valence-corrected chi connectivity index (χ1v) is 4.55. The highest BCUT2D eigenvalue weighted by molar-refractivity contribution is 9.10. The van der Waals surface area contributed by atoms with E-state index >= 15 is 0 Å². The number of benzene rings is 1. The molecule has 0 aliphatic rings. The van der Waals surface area contributed by atoms with E-state index in [9.17, 15) is 0 Å². The summed E-state index contributed by atoms with van der Waals surface area (Å²) in [5.74, 6) is 0. The van der Waals surface area contributed by atoms with Crippen LogP contribution in [-0.2, 0) is 0 Å². The number of rotatable bonds is 0. The van der Waals surface area contributed by atoms with Crippen molar-refractivity contribution in [1.82, 2.24) is 4.98 Å². The lowest BCUT2D eigenvalue weighted by Crippen LogP contribution is -1.83. The second kappa shape index (κ2) is 3.15. The molecule has 0 unspecified atom stereocenters. The standard InChI is InChI=1S/C10H5BrN2/c11-8-1-2-9-7(5-8)3-4-13-10(9)6-12/h1-5H. The minimum atomic E-state index is 0.477. The largest absolute Gasteiger partial charge is 0.245 e. The van der Waals surface area contributed by atoms with Crippen LogP contribution in [0.2, 0.25) is 0 Å². The maximum absolute atomic E-state index is 8.78. The molecule has 3 heteroatoms. The molecule has 1 aromatic carbocycles. The summed E-state index contributed by atoms with van der Waals surface area (Å²) in [6.45, 7) is 0. The first-order chi connectivity index (χ1) is 6.31. The third kappa shape index (κ3) is 1.41. The summed E-state index contributed by atoms with van der Waals surface area (Å²) in [4.78, 5) is 3.98. The van der Waals surface area contributed by atoms with Crippen molar-refractivity contribution in [3.8, 4) is 6.07 Å². The Morgan fingerprint density at radius 1 is 1.31 bits per heavy atom. The van der Waals surface area contributed by atoms with Crippen molar-refractivity contribution in [2.24, 2.45) is 0 Å². The first kappa shape index (κ1) is 8.21. The van der Waals surface area contributed by atoms with Gasteiger partial charge in [0.05, 0.1) is 0 Å². The van der Waals surface area contributed by atoms with Gasteiger partial charge in [-0.3, -0.25) is 0 Å². The molecule has 1 heterocycles. The Kier molecular flexibility index (Phi) is 1.99. The molecule has 0 amide bonds. The molecule has 2 nitrogen and oxygen atoms in total. The van der Waals surface area contributed by atoms with Crippen LogP contribution in [0, 0.1) is 11.3 Å². The van der Waals surface area contributed by atoms with E-state index in [1.54, 1.807) is 6.20 Å². The molecule has 13 heavy (non-hydrogen) atoms. The van der Waals surface area contributed by atoms with Gasteiger partial charge in [0, 0.05) is 16.1 Å². The summed E-state index contributed by atoms with van der Waals surface area (Å²) in [5.41, 5.74) is 0.477. The van der Waals surface area contributed by atoms with Gasteiger partial charge >= 0.3 is 0 Å². The summed E-state index contributed by atoms with van der Waals surface area (Å²) in [6, 6.07) is 9.72. The Balaban J connectivity index is 2.87. The van der Waals surface area contributed by atoms with Crippen LogP contribution < -0.4 is 0 Å². The molecule has 0 saturated heterocycles. The Bertz CT molecular complexity index is 500. The van der Waals surface area contributed by atoms with Crippen molar-refractivity contribution >= 4 is 26.7 Å². The lowest BCUT2D eigenvalue weighted by Gasteiger charge is -1.98. The second-order valence-corrected chi connectivity index (χ2v) is 3.55. The molecule has 0 N–H and O–H groups in total. The average molecular weight is 233 g/mol. The SMILES string of the molecule is N#Cc1nccc2cc(Br)ccc12. The summed E-state index contributed by atoms with van der Waals surface area (Å²) in [5, 5.41) is 10.7. The van der Waals surface area contributed by atoms with Crippen LogP contribution in [0.25, 0.3) is 10.8 Å². The van der Waals surface area contributed by atoms with Crippen LogP contribution >= 0.6 is 15.9 Å². The van der Waals surface area contributed by atoms with E-state index in [1.165, 1.54) is 0 Å². The number of nitriles is 1. The van der Waals surface area contributed by atoms with Crippen molar-refractivity contribution < 1.29 is 0 Å². The highest BCUT2D eigenvalue weighted by Crippen LogP contribution is 2.20. The molecule has 0 spiro atoms. The van der Waals surface area contributed by atoms with Crippen molar-refractivity contribution in [1.29, 1.82) is 5.26 Å². The zero-order chi connectivity index (χ0) is 9.26. The van der Waals surface area contributed by atoms with Gasteiger partial charge in [0.2, 0.25) is 0 Å². The minimum absolute atomic E-state index is 0.477. The smallest absolute Gasteiger partial charge is 0.148 e. The number of aromatic nitrogens is 1. The van der Waals surface area contributed by atoms with Crippen LogP contribution in [0.15, 0.2) is 34.9 Å². The number of pyridine rings is 1. The number of nitrogens with zero attached hydrogens (tertiary/aromatic N) is 2. The van der Waals surface area contributed by atoms with E-state index < -0.39 is 0 Å². The second-order valence-electron chi connectivity index (χ2n) is 2.64. The number of hydrogen-bond acceptors (Lipinski definition) is 2. The van der Waals surface area contributed by atoms with Crippen molar-refractivity contribution in [3.63, 3.8) is 0 Å². The molecule has 0 fully saturated rings. The molecule has 1 aromatic heterocycles. The molecule has 0 saturated carbocycles. The normalized spacial score (nSPS) is 9.85. The first-order valence-electron chi connectivity index (χ1n) is 3.75. The average Bonchev–Trinajstić information content (AvgIpc) is 2.16. The molecule has 0 aliphatic heterocycles. The van der Waals surface area contributed by atoms with Gasteiger partial charge in [-0.25, -0.2) is 4.98 Å². The highest BCUT2D eigenvalue weighted by Gasteiger charge is 2.00. The van der Waals surface area contributed by atoms with E-state index in [1.807, 2.05) is 24.3 Å². The maximum atomic E-state index is 8.78. The number of fused-ring (bicyclic) bond motifs is 1. The van der Waals surface area contributed by atoms with Crippen molar-refractivity contribution in [2.45, 2.75) is 0 Å². The van der Waals surface area contributed by atoms with Gasteiger partial charge in [0.15, 0.2) is 0 Å². The van der Waals surface area contributed by atoms with E-state index in [-0.39, 0.29) is 0 Å². The molecule has 0 atom stereocenters. The Hall–Kier alpha value is -1.40. The quantitative estimate of drug-likeness (QED) is 0.701. The summed E-state index contributed by atoms with van der Waals surface area (Å²) in [7, 11) is 0. The lowest BCUT2D eigenvalue weighted by atomic mass is 10.1. The fourth-order valence-corrected chi connectivity index (χ4v) is 1.62. The van der Waals surface area contributed by atoms with Gasteiger partial charge in [0.25, 0.3) is 0 Å². The van der Waals surface area contributed by atoms with Gasteiger partial charge in [-0.2, -0.15) is 5.26 Å². The van der Waals surface area contributed by atoms with E-state index in [0.717, 1.165) is 15.2 Å². The number of hydrogen-bond donors (Lipinski definition) is 0. The zero-order valence-electron chi connectivity index (χ0n) is 6.66. The van der Waals surface area contributed by atoms with Crippen LogP contribution in [-0.4, -0.2) is 4.98 Å². The maximum Gasteiger partial charge on any atom is 0.148 e. The minimum Gasteiger partial charge on any atom is -0.245 e. The van der Waals surface area contributed by atoms with Crippen molar-refractivity contribution in [2.75, 3.05) is 0 Å². The molecule has 2 rings (SSSR count). The van der Waals surface area contributed by atoms with Crippen molar-refractivity contribution in [3.05, 3.63) is 40.6 Å². The molecular weight excluding hydrogens is 228 g/mol. The third-order valence-electron chi connectivity index (χ3n) is 1.83. The molecular formula is C10H5BrN2. The van der Waals surface area contributed by atoms with Crippen LogP contribution in [0.3, 0.4) is 0 Å². The van der Waals surface area contributed by atoms with E-state index in [2.05, 4.69) is 27.0 Å². The molecule has 2 aromatic rings. The molecule has 0 radical (unpaired) electrons.